The summed E-state index contributed by atoms with van der Waals surface area (Å²) < 4.78 is 0. The molecule has 0 aliphatic carbocycles. The predicted octanol–water partition coefficient (Wildman–Crippen LogP) is 2.31. The third kappa shape index (κ3) is 4.89. The molecule has 6 nitrogen and oxygen atoms in total. The normalized spacial score (nSPS) is 12.9. The van der Waals surface area contributed by atoms with E-state index in [1.54, 1.807) is 12.1 Å². The number of benzene rings is 1. The number of rotatable bonds is 5. The van der Waals surface area contributed by atoms with Crippen LogP contribution in [0.15, 0.2) is 24.3 Å². The van der Waals surface area contributed by atoms with Crippen LogP contribution in [0.5, 0.6) is 0 Å². The molecule has 0 spiro atoms. The van der Waals surface area contributed by atoms with E-state index in [-0.39, 0.29) is 24.0 Å². The number of aromatic amines is 1. The summed E-state index contributed by atoms with van der Waals surface area (Å²) in [6, 6.07) is 6.85. The minimum atomic E-state index is -0.252. The lowest BCUT2D eigenvalue weighted by Crippen LogP contribution is -2.40. The van der Waals surface area contributed by atoms with Gasteiger partial charge in [0.15, 0.2) is 5.82 Å². The molecular weight excluding hydrogens is 292 g/mol. The van der Waals surface area contributed by atoms with Crippen molar-refractivity contribution in [3.63, 3.8) is 0 Å². The van der Waals surface area contributed by atoms with E-state index in [1.807, 2.05) is 19.1 Å². The molecule has 3 N–H and O–H groups in total. The average Bonchev–Trinajstić information content (AvgIpc) is 2.92. The molecule has 124 valence electrons. The van der Waals surface area contributed by atoms with Gasteiger partial charge >= 0.3 is 0 Å². The Kier molecular flexibility index (Phi) is 5.15. The lowest BCUT2D eigenvalue weighted by Gasteiger charge is -2.25. The highest BCUT2D eigenvalue weighted by molar-refractivity contribution is 5.94. The topological polar surface area (TPSA) is 90.9 Å². The summed E-state index contributed by atoms with van der Waals surface area (Å²) in [5, 5.41) is 19.2. The van der Waals surface area contributed by atoms with Crippen LogP contribution in [0, 0.1) is 12.3 Å². The van der Waals surface area contributed by atoms with Crippen LogP contribution in [0.2, 0.25) is 0 Å². The molecule has 23 heavy (non-hydrogen) atoms. The number of aromatic nitrogens is 3. The molecule has 0 bridgehead atoms. The summed E-state index contributed by atoms with van der Waals surface area (Å²) in [7, 11) is 0. The third-order valence-electron chi connectivity index (χ3n) is 3.42. The summed E-state index contributed by atoms with van der Waals surface area (Å²) in [6.07, 6.45) is 0.712. The maximum atomic E-state index is 12.3. The van der Waals surface area contributed by atoms with Gasteiger partial charge in [-0.15, -0.1) is 0 Å². The molecule has 1 heterocycles. The summed E-state index contributed by atoms with van der Waals surface area (Å²) in [4.78, 5) is 16.5. The fourth-order valence-corrected chi connectivity index (χ4v) is 2.41. The Morgan fingerprint density at radius 3 is 2.43 bits per heavy atom. The highest BCUT2D eigenvalue weighted by Gasteiger charge is 2.20. The Hall–Kier alpha value is -2.21. The van der Waals surface area contributed by atoms with Crippen molar-refractivity contribution in [3.8, 4) is 11.4 Å². The van der Waals surface area contributed by atoms with Gasteiger partial charge in [0.1, 0.15) is 5.82 Å². The molecule has 0 aliphatic rings. The minimum absolute atomic E-state index is 0.0357. The lowest BCUT2D eigenvalue weighted by atomic mass is 9.88. The second-order valence-corrected chi connectivity index (χ2v) is 6.94. The van der Waals surface area contributed by atoms with E-state index in [0.29, 0.717) is 17.8 Å². The Labute approximate surface area is 136 Å². The summed E-state index contributed by atoms with van der Waals surface area (Å²) in [5.41, 5.74) is 1.43. The minimum Gasteiger partial charge on any atom is -0.394 e. The fourth-order valence-electron chi connectivity index (χ4n) is 2.41. The van der Waals surface area contributed by atoms with Crippen molar-refractivity contribution < 1.29 is 9.90 Å². The number of aliphatic hydroxyl groups excluding tert-OH is 1. The monoisotopic (exact) mass is 316 g/mol. The van der Waals surface area contributed by atoms with Gasteiger partial charge in [-0.3, -0.25) is 9.89 Å². The molecule has 0 saturated carbocycles. The molecule has 1 aromatic heterocycles. The Balaban J connectivity index is 2.05. The Morgan fingerprint density at radius 1 is 1.30 bits per heavy atom. The van der Waals surface area contributed by atoms with Gasteiger partial charge < -0.3 is 10.4 Å². The second-order valence-electron chi connectivity index (χ2n) is 6.94. The number of aliphatic hydroxyl groups is 1. The third-order valence-corrected chi connectivity index (χ3v) is 3.42. The summed E-state index contributed by atoms with van der Waals surface area (Å²) >= 11 is 0. The van der Waals surface area contributed by atoms with Crippen molar-refractivity contribution in [3.05, 3.63) is 35.7 Å². The van der Waals surface area contributed by atoms with Crippen molar-refractivity contribution in [1.29, 1.82) is 0 Å². The van der Waals surface area contributed by atoms with Gasteiger partial charge in [0.2, 0.25) is 0 Å². The molecule has 0 radical (unpaired) electrons. The zero-order chi connectivity index (χ0) is 17.0. The van der Waals surface area contributed by atoms with Crippen LogP contribution >= 0.6 is 0 Å². The quantitative estimate of drug-likeness (QED) is 0.789. The van der Waals surface area contributed by atoms with E-state index in [1.165, 1.54) is 0 Å². The largest absolute Gasteiger partial charge is 0.394 e. The SMILES string of the molecule is Cc1nc(-c2ccc(C(=O)NC(CO)CC(C)(C)C)cc2)n[nH]1. The van der Waals surface area contributed by atoms with Gasteiger partial charge in [0.25, 0.3) is 5.91 Å². The number of nitrogens with zero attached hydrogens (tertiary/aromatic N) is 2. The van der Waals surface area contributed by atoms with Gasteiger partial charge in [0.05, 0.1) is 12.6 Å². The molecule has 1 aromatic carbocycles. The molecule has 2 rings (SSSR count). The Morgan fingerprint density at radius 2 is 1.96 bits per heavy atom. The van der Waals surface area contributed by atoms with E-state index in [4.69, 9.17) is 0 Å². The van der Waals surface area contributed by atoms with Crippen LogP contribution in [-0.4, -0.2) is 38.8 Å². The smallest absolute Gasteiger partial charge is 0.251 e. The first-order valence-corrected chi connectivity index (χ1v) is 7.69. The number of H-pyrrole nitrogens is 1. The summed E-state index contributed by atoms with van der Waals surface area (Å²) in [5.74, 6) is 1.16. The second kappa shape index (κ2) is 6.91. The average molecular weight is 316 g/mol. The van der Waals surface area contributed by atoms with Crippen molar-refractivity contribution in [2.24, 2.45) is 5.41 Å². The van der Waals surface area contributed by atoms with Gasteiger partial charge in [-0.05, 0) is 30.9 Å². The van der Waals surface area contributed by atoms with Gasteiger partial charge in [-0.1, -0.05) is 32.9 Å². The number of carbonyl (C=O) groups is 1. The number of carbonyl (C=O) groups excluding carboxylic acids is 1. The lowest BCUT2D eigenvalue weighted by molar-refractivity contribution is 0.0897. The van der Waals surface area contributed by atoms with Crippen molar-refractivity contribution in [2.75, 3.05) is 6.61 Å². The molecule has 1 amide bonds. The first-order valence-electron chi connectivity index (χ1n) is 7.69. The van der Waals surface area contributed by atoms with Crippen molar-refractivity contribution in [1.82, 2.24) is 20.5 Å². The first kappa shape index (κ1) is 17.1. The number of nitrogens with one attached hydrogen (secondary N) is 2. The van der Waals surface area contributed by atoms with E-state index >= 15 is 0 Å². The molecular formula is C17H24N4O2. The maximum absolute atomic E-state index is 12.3. The number of aryl methyl sites for hydroxylation is 1. The van der Waals surface area contributed by atoms with Crippen LogP contribution in [0.3, 0.4) is 0 Å². The zero-order valence-corrected chi connectivity index (χ0v) is 14.1. The number of amides is 1. The Bertz CT molecular complexity index is 656. The first-order chi connectivity index (χ1) is 10.8. The highest BCUT2D eigenvalue weighted by Crippen LogP contribution is 2.21. The zero-order valence-electron chi connectivity index (χ0n) is 14.1. The van der Waals surface area contributed by atoms with E-state index in [0.717, 1.165) is 11.4 Å². The predicted molar refractivity (Wildman–Crippen MR) is 89.0 cm³/mol. The van der Waals surface area contributed by atoms with E-state index < -0.39 is 0 Å². The molecule has 1 atom stereocenters. The van der Waals surface area contributed by atoms with Crippen LogP contribution in [-0.2, 0) is 0 Å². The molecule has 0 aliphatic heterocycles. The molecule has 1 unspecified atom stereocenters. The van der Waals surface area contributed by atoms with E-state index in [2.05, 4.69) is 41.3 Å². The number of hydrogen-bond donors (Lipinski definition) is 3. The van der Waals surface area contributed by atoms with Crippen molar-refractivity contribution in [2.45, 2.75) is 40.2 Å². The van der Waals surface area contributed by atoms with Gasteiger partial charge in [0, 0.05) is 11.1 Å². The van der Waals surface area contributed by atoms with E-state index in [9.17, 15) is 9.90 Å². The molecule has 6 heteroatoms. The van der Waals surface area contributed by atoms with Crippen molar-refractivity contribution >= 4 is 5.91 Å². The highest BCUT2D eigenvalue weighted by atomic mass is 16.3. The van der Waals surface area contributed by atoms with Gasteiger partial charge in [-0.25, -0.2) is 4.98 Å². The summed E-state index contributed by atoms with van der Waals surface area (Å²) in [6.45, 7) is 8.00. The van der Waals surface area contributed by atoms with Crippen LogP contribution in [0.1, 0.15) is 43.4 Å². The van der Waals surface area contributed by atoms with Crippen LogP contribution < -0.4 is 5.32 Å². The van der Waals surface area contributed by atoms with Gasteiger partial charge in [-0.2, -0.15) is 5.10 Å². The van der Waals surface area contributed by atoms with Crippen LogP contribution in [0.25, 0.3) is 11.4 Å². The number of hydrogen-bond acceptors (Lipinski definition) is 4. The molecule has 2 aromatic rings. The molecule has 0 saturated heterocycles. The fraction of sp³-hybridized carbons (Fsp3) is 0.471. The molecule has 0 fully saturated rings. The van der Waals surface area contributed by atoms with Crippen LogP contribution in [0.4, 0.5) is 0 Å². The standard InChI is InChI=1S/C17H24N4O2/c1-11-18-15(21-20-11)12-5-7-13(8-6-12)16(23)19-14(10-22)9-17(2,3)4/h5-8,14,22H,9-10H2,1-4H3,(H,19,23)(H,18,20,21). The maximum Gasteiger partial charge on any atom is 0.251 e.